The standard InChI is InChI=1S/C11H20BrNO/c1-8(2)10(12)11(14)13-6-4-5-9(3)7-13/h8-10H,4-7H2,1-3H3. The molecule has 1 fully saturated rings. The van der Waals surface area contributed by atoms with E-state index in [0.29, 0.717) is 11.8 Å². The number of alkyl halides is 1. The van der Waals surface area contributed by atoms with Crippen molar-refractivity contribution in [2.45, 2.75) is 38.4 Å². The maximum atomic E-state index is 12.0. The molecule has 0 spiro atoms. The molecular formula is C11H20BrNO. The predicted octanol–water partition coefficient (Wildman–Crippen LogP) is 2.66. The van der Waals surface area contributed by atoms with Crippen LogP contribution >= 0.6 is 15.9 Å². The van der Waals surface area contributed by atoms with Crippen LogP contribution in [0, 0.1) is 11.8 Å². The molecule has 2 unspecified atom stereocenters. The molecular weight excluding hydrogens is 242 g/mol. The highest BCUT2D eigenvalue weighted by molar-refractivity contribution is 9.10. The molecule has 0 bridgehead atoms. The Balaban J connectivity index is 2.51. The van der Waals surface area contributed by atoms with Gasteiger partial charge >= 0.3 is 0 Å². The second kappa shape index (κ2) is 5.15. The fraction of sp³-hybridized carbons (Fsp3) is 0.909. The smallest absolute Gasteiger partial charge is 0.236 e. The van der Waals surface area contributed by atoms with Gasteiger partial charge in [0.25, 0.3) is 0 Å². The third-order valence-electron chi connectivity index (χ3n) is 2.79. The van der Waals surface area contributed by atoms with E-state index in [1.54, 1.807) is 0 Å². The molecule has 14 heavy (non-hydrogen) atoms. The van der Waals surface area contributed by atoms with Crippen molar-refractivity contribution in [2.24, 2.45) is 11.8 Å². The van der Waals surface area contributed by atoms with Gasteiger partial charge in [-0.25, -0.2) is 0 Å². The van der Waals surface area contributed by atoms with E-state index in [1.165, 1.54) is 6.42 Å². The Morgan fingerprint density at radius 2 is 2.14 bits per heavy atom. The first kappa shape index (κ1) is 12.0. The highest BCUT2D eigenvalue weighted by Crippen LogP contribution is 2.20. The van der Waals surface area contributed by atoms with Crippen molar-refractivity contribution in [3.63, 3.8) is 0 Å². The molecule has 1 rings (SSSR count). The number of rotatable bonds is 2. The van der Waals surface area contributed by atoms with Crippen LogP contribution in [-0.4, -0.2) is 28.7 Å². The van der Waals surface area contributed by atoms with Gasteiger partial charge in [-0.2, -0.15) is 0 Å². The van der Waals surface area contributed by atoms with Gasteiger partial charge in [0, 0.05) is 13.1 Å². The Hall–Kier alpha value is -0.0500. The van der Waals surface area contributed by atoms with Crippen LogP contribution in [0.4, 0.5) is 0 Å². The van der Waals surface area contributed by atoms with E-state index < -0.39 is 0 Å². The molecule has 1 aliphatic heterocycles. The summed E-state index contributed by atoms with van der Waals surface area (Å²) in [7, 11) is 0. The Kier molecular flexibility index (Phi) is 4.42. The summed E-state index contributed by atoms with van der Waals surface area (Å²) >= 11 is 3.47. The van der Waals surface area contributed by atoms with Gasteiger partial charge in [-0.05, 0) is 24.7 Å². The van der Waals surface area contributed by atoms with Crippen LogP contribution in [-0.2, 0) is 4.79 Å². The molecule has 3 heteroatoms. The number of hydrogen-bond donors (Lipinski definition) is 0. The molecule has 1 saturated heterocycles. The van der Waals surface area contributed by atoms with Crippen LogP contribution in [0.2, 0.25) is 0 Å². The van der Waals surface area contributed by atoms with Crippen molar-refractivity contribution >= 4 is 21.8 Å². The number of hydrogen-bond acceptors (Lipinski definition) is 1. The monoisotopic (exact) mass is 261 g/mol. The van der Waals surface area contributed by atoms with E-state index >= 15 is 0 Å². The summed E-state index contributed by atoms with van der Waals surface area (Å²) in [6.07, 6.45) is 2.42. The van der Waals surface area contributed by atoms with Gasteiger partial charge < -0.3 is 4.90 Å². The number of nitrogens with zero attached hydrogens (tertiary/aromatic N) is 1. The van der Waals surface area contributed by atoms with Gasteiger partial charge in [-0.1, -0.05) is 36.7 Å². The number of amides is 1. The summed E-state index contributed by atoms with van der Waals surface area (Å²) in [5, 5.41) is 0. The molecule has 1 amide bonds. The van der Waals surface area contributed by atoms with E-state index in [4.69, 9.17) is 0 Å². The number of halogens is 1. The minimum atomic E-state index is -0.00667. The Morgan fingerprint density at radius 3 is 2.64 bits per heavy atom. The lowest BCUT2D eigenvalue weighted by molar-refractivity contribution is -0.132. The van der Waals surface area contributed by atoms with E-state index in [-0.39, 0.29) is 10.7 Å². The molecule has 0 aromatic rings. The third kappa shape index (κ3) is 2.97. The fourth-order valence-electron chi connectivity index (χ4n) is 1.85. The molecule has 82 valence electrons. The molecule has 0 aromatic heterocycles. The molecule has 2 nitrogen and oxygen atoms in total. The summed E-state index contributed by atoms with van der Waals surface area (Å²) in [5.74, 6) is 1.31. The lowest BCUT2D eigenvalue weighted by Crippen LogP contribution is -2.44. The van der Waals surface area contributed by atoms with Crippen molar-refractivity contribution in [1.82, 2.24) is 4.90 Å². The first-order valence-electron chi connectivity index (χ1n) is 5.45. The summed E-state index contributed by atoms with van der Waals surface area (Å²) in [6, 6.07) is 0. The van der Waals surface area contributed by atoms with Gasteiger partial charge in [0.05, 0.1) is 4.83 Å². The molecule has 0 N–H and O–H groups in total. The molecule has 0 saturated carbocycles. The minimum Gasteiger partial charge on any atom is -0.341 e. The Bertz CT molecular complexity index is 205. The zero-order valence-corrected chi connectivity index (χ0v) is 10.9. The first-order valence-corrected chi connectivity index (χ1v) is 6.36. The highest BCUT2D eigenvalue weighted by atomic mass is 79.9. The topological polar surface area (TPSA) is 20.3 Å². The molecule has 2 atom stereocenters. The zero-order valence-electron chi connectivity index (χ0n) is 9.29. The van der Waals surface area contributed by atoms with Gasteiger partial charge in [0.1, 0.15) is 0 Å². The molecule has 1 heterocycles. The average Bonchev–Trinajstić information content (AvgIpc) is 2.15. The largest absolute Gasteiger partial charge is 0.341 e. The van der Waals surface area contributed by atoms with Crippen molar-refractivity contribution < 1.29 is 4.79 Å². The van der Waals surface area contributed by atoms with E-state index in [9.17, 15) is 4.79 Å². The Labute approximate surface area is 95.2 Å². The average molecular weight is 262 g/mol. The number of carbonyl (C=O) groups is 1. The minimum absolute atomic E-state index is 0.00667. The van der Waals surface area contributed by atoms with Gasteiger partial charge in [0.15, 0.2) is 0 Å². The van der Waals surface area contributed by atoms with Gasteiger partial charge in [-0.3, -0.25) is 4.79 Å². The molecule has 0 aromatic carbocycles. The zero-order chi connectivity index (χ0) is 10.7. The number of likely N-dealkylation sites (tertiary alicyclic amines) is 1. The van der Waals surface area contributed by atoms with Crippen LogP contribution in [0.3, 0.4) is 0 Å². The van der Waals surface area contributed by atoms with Crippen molar-refractivity contribution in [3.05, 3.63) is 0 Å². The van der Waals surface area contributed by atoms with Gasteiger partial charge in [0.2, 0.25) is 5.91 Å². The Morgan fingerprint density at radius 1 is 1.50 bits per heavy atom. The summed E-state index contributed by atoms with van der Waals surface area (Å²) < 4.78 is 0. The van der Waals surface area contributed by atoms with Crippen LogP contribution in [0.25, 0.3) is 0 Å². The number of carbonyl (C=O) groups excluding carboxylic acids is 1. The highest BCUT2D eigenvalue weighted by Gasteiger charge is 2.27. The van der Waals surface area contributed by atoms with Gasteiger partial charge in [-0.15, -0.1) is 0 Å². The summed E-state index contributed by atoms with van der Waals surface area (Å²) in [6.45, 7) is 8.25. The molecule has 1 aliphatic rings. The summed E-state index contributed by atoms with van der Waals surface area (Å²) in [5.41, 5.74) is 0. The maximum absolute atomic E-state index is 12.0. The lowest BCUT2D eigenvalue weighted by atomic mass is 9.99. The van der Waals surface area contributed by atoms with Crippen molar-refractivity contribution in [1.29, 1.82) is 0 Å². The third-order valence-corrected chi connectivity index (χ3v) is 4.24. The lowest BCUT2D eigenvalue weighted by Gasteiger charge is -2.33. The normalized spacial score (nSPS) is 25.2. The second-order valence-electron chi connectivity index (χ2n) is 4.68. The SMILES string of the molecule is CC1CCCN(C(=O)C(Br)C(C)C)C1. The summed E-state index contributed by atoms with van der Waals surface area (Å²) in [4.78, 5) is 14.0. The number of piperidine rings is 1. The fourth-order valence-corrected chi connectivity index (χ4v) is 2.14. The van der Waals surface area contributed by atoms with Crippen LogP contribution in [0.15, 0.2) is 0 Å². The van der Waals surface area contributed by atoms with Crippen LogP contribution in [0.1, 0.15) is 33.6 Å². The molecule has 0 aliphatic carbocycles. The molecule has 0 radical (unpaired) electrons. The second-order valence-corrected chi connectivity index (χ2v) is 5.66. The first-order chi connectivity index (χ1) is 6.52. The van der Waals surface area contributed by atoms with Crippen LogP contribution in [0.5, 0.6) is 0 Å². The van der Waals surface area contributed by atoms with E-state index in [2.05, 4.69) is 36.7 Å². The maximum Gasteiger partial charge on any atom is 0.236 e. The predicted molar refractivity (Wildman–Crippen MR) is 62.5 cm³/mol. The van der Waals surface area contributed by atoms with Crippen molar-refractivity contribution in [2.75, 3.05) is 13.1 Å². The van der Waals surface area contributed by atoms with Crippen molar-refractivity contribution in [3.8, 4) is 0 Å². The van der Waals surface area contributed by atoms with E-state index in [0.717, 1.165) is 19.5 Å². The van der Waals surface area contributed by atoms with Crippen LogP contribution < -0.4 is 0 Å². The quantitative estimate of drug-likeness (QED) is 0.700. The van der Waals surface area contributed by atoms with E-state index in [1.807, 2.05) is 4.90 Å².